The lowest BCUT2D eigenvalue weighted by molar-refractivity contribution is -0.116. The maximum atomic E-state index is 10.7. The summed E-state index contributed by atoms with van der Waals surface area (Å²) in [6, 6.07) is 0. The van der Waals surface area contributed by atoms with Crippen molar-refractivity contribution in [1.29, 1.82) is 0 Å². The molecule has 0 unspecified atom stereocenters. The molecule has 0 atom stereocenters. The lowest BCUT2D eigenvalue weighted by Crippen LogP contribution is -1.92. The maximum absolute atomic E-state index is 10.7. The minimum absolute atomic E-state index is 0.0256. The smallest absolute Gasteiger partial charge is 0.155 e. The lowest BCUT2D eigenvalue weighted by atomic mass is 10.2. The lowest BCUT2D eigenvalue weighted by Gasteiger charge is -1.86. The second-order valence-corrected chi connectivity index (χ2v) is 3.96. The highest BCUT2D eigenvalue weighted by molar-refractivity contribution is 5.97. The van der Waals surface area contributed by atoms with E-state index in [1.54, 1.807) is 13.0 Å². The second-order valence-electron chi connectivity index (χ2n) is 3.96. The number of rotatable bonds is 7. The molecule has 18 heavy (non-hydrogen) atoms. The molecule has 0 fully saturated rings. The molecular weight excluding hydrogens is 228 g/mol. The molecule has 0 saturated carbocycles. The first-order valence-corrected chi connectivity index (χ1v) is 6.32. The highest BCUT2D eigenvalue weighted by atomic mass is 16.1. The summed E-state index contributed by atoms with van der Waals surface area (Å²) in [5.41, 5.74) is 0. The molecule has 0 aromatic heterocycles. The van der Waals surface area contributed by atoms with Gasteiger partial charge in [-0.2, -0.15) is 0 Å². The third-order valence-corrected chi connectivity index (χ3v) is 1.81. The molecule has 0 aromatic rings. The topological polar surface area (TPSA) is 51.2 Å². The normalized spacial score (nSPS) is 10.2. The van der Waals surface area contributed by atoms with Crippen LogP contribution in [0.5, 0.6) is 0 Å². The zero-order chi connectivity index (χ0) is 14.4. The Morgan fingerprint density at radius 2 is 1.39 bits per heavy atom. The Morgan fingerprint density at radius 1 is 0.833 bits per heavy atom. The molecule has 0 rings (SSSR count). The van der Waals surface area contributed by atoms with Crippen molar-refractivity contribution in [2.24, 2.45) is 0 Å². The molecule has 0 aliphatic carbocycles. The summed E-state index contributed by atoms with van der Waals surface area (Å²) in [7, 11) is 0. The van der Waals surface area contributed by atoms with E-state index >= 15 is 0 Å². The van der Waals surface area contributed by atoms with Crippen LogP contribution in [-0.2, 0) is 14.4 Å². The Balaban J connectivity index is 0. The summed E-state index contributed by atoms with van der Waals surface area (Å²) in [6.07, 6.45) is 9.66. The van der Waals surface area contributed by atoms with Crippen molar-refractivity contribution in [3.05, 3.63) is 24.3 Å². The number of hydrogen-bond donors (Lipinski definition) is 0. The molecule has 102 valence electrons. The second kappa shape index (κ2) is 13.6. The van der Waals surface area contributed by atoms with Crippen LogP contribution in [-0.4, -0.2) is 17.3 Å². The summed E-state index contributed by atoms with van der Waals surface area (Å²) in [6.45, 7) is 7.01. The van der Waals surface area contributed by atoms with Crippen LogP contribution in [0.4, 0.5) is 0 Å². The van der Waals surface area contributed by atoms with E-state index in [1.165, 1.54) is 19.1 Å². The van der Waals surface area contributed by atoms with Gasteiger partial charge in [-0.15, -0.1) is 0 Å². The number of ketones is 3. The van der Waals surface area contributed by atoms with Crippen molar-refractivity contribution in [1.82, 2.24) is 0 Å². The molecule has 0 saturated heterocycles. The van der Waals surface area contributed by atoms with E-state index in [2.05, 4.69) is 6.92 Å². The Bertz CT molecular complexity index is 312. The molecule has 0 aromatic carbocycles. The van der Waals surface area contributed by atoms with Gasteiger partial charge in [-0.05, 0) is 44.9 Å². The zero-order valence-electron chi connectivity index (χ0n) is 11.9. The van der Waals surface area contributed by atoms with Crippen LogP contribution in [0.15, 0.2) is 24.3 Å². The van der Waals surface area contributed by atoms with Gasteiger partial charge in [0.2, 0.25) is 0 Å². The van der Waals surface area contributed by atoms with Gasteiger partial charge >= 0.3 is 0 Å². The SMILES string of the molecule is CCCC(=O)C=CC(C)=O.CCCC=CC(C)=O. The highest BCUT2D eigenvalue weighted by Crippen LogP contribution is 1.90. The first-order valence-electron chi connectivity index (χ1n) is 6.32. The van der Waals surface area contributed by atoms with Gasteiger partial charge in [0.15, 0.2) is 17.3 Å². The van der Waals surface area contributed by atoms with Crippen LogP contribution >= 0.6 is 0 Å². The van der Waals surface area contributed by atoms with Crippen LogP contribution in [0.1, 0.15) is 53.4 Å². The van der Waals surface area contributed by atoms with Crippen molar-refractivity contribution in [3.8, 4) is 0 Å². The van der Waals surface area contributed by atoms with Crippen molar-refractivity contribution in [2.75, 3.05) is 0 Å². The van der Waals surface area contributed by atoms with Crippen LogP contribution in [0.2, 0.25) is 0 Å². The van der Waals surface area contributed by atoms with E-state index < -0.39 is 0 Å². The summed E-state index contributed by atoms with van der Waals surface area (Å²) in [5.74, 6) is 0.0839. The molecule has 0 N–H and O–H groups in total. The number of unbranched alkanes of at least 4 members (excludes halogenated alkanes) is 1. The van der Waals surface area contributed by atoms with Gasteiger partial charge in [0.1, 0.15) is 0 Å². The van der Waals surface area contributed by atoms with E-state index in [0.717, 1.165) is 19.3 Å². The van der Waals surface area contributed by atoms with E-state index in [9.17, 15) is 14.4 Å². The summed E-state index contributed by atoms with van der Waals surface area (Å²) < 4.78 is 0. The van der Waals surface area contributed by atoms with E-state index in [0.29, 0.717) is 6.42 Å². The average Bonchev–Trinajstić information content (AvgIpc) is 2.28. The Labute approximate surface area is 110 Å². The molecule has 0 aliphatic rings. The van der Waals surface area contributed by atoms with Gasteiger partial charge < -0.3 is 0 Å². The standard InChI is InChI=1S/C8H12O2.C7H12O/c1-3-4-8(10)6-5-7(2)9;1-3-4-5-6-7(2)8/h5-6H,3-4H2,1-2H3;5-6H,3-4H2,1-2H3. The van der Waals surface area contributed by atoms with Crippen LogP contribution in [0.25, 0.3) is 0 Å². The summed E-state index contributed by atoms with van der Waals surface area (Å²) >= 11 is 0. The van der Waals surface area contributed by atoms with Gasteiger partial charge in [0.05, 0.1) is 0 Å². The van der Waals surface area contributed by atoms with Gasteiger partial charge in [-0.3, -0.25) is 14.4 Å². The number of allylic oxidation sites excluding steroid dienone is 4. The fourth-order valence-corrected chi connectivity index (χ4v) is 0.956. The van der Waals surface area contributed by atoms with Gasteiger partial charge in [0, 0.05) is 6.42 Å². The Kier molecular flexibility index (Phi) is 14.2. The maximum Gasteiger partial charge on any atom is 0.155 e. The number of carbonyl (C=O) groups excluding carboxylic acids is 3. The van der Waals surface area contributed by atoms with Crippen molar-refractivity contribution < 1.29 is 14.4 Å². The molecule has 0 radical (unpaired) electrons. The Morgan fingerprint density at radius 3 is 1.78 bits per heavy atom. The largest absolute Gasteiger partial charge is 0.295 e. The zero-order valence-corrected chi connectivity index (χ0v) is 11.9. The third-order valence-electron chi connectivity index (χ3n) is 1.81. The fraction of sp³-hybridized carbons (Fsp3) is 0.533. The average molecular weight is 252 g/mol. The van der Waals surface area contributed by atoms with Crippen molar-refractivity contribution in [3.63, 3.8) is 0 Å². The van der Waals surface area contributed by atoms with E-state index in [1.807, 2.05) is 13.0 Å². The molecule has 0 bridgehead atoms. The summed E-state index contributed by atoms with van der Waals surface area (Å²) in [5, 5.41) is 0. The van der Waals surface area contributed by atoms with Crippen LogP contribution in [0.3, 0.4) is 0 Å². The minimum atomic E-state index is -0.0792. The minimum Gasteiger partial charge on any atom is -0.295 e. The Hall–Kier alpha value is -1.51. The van der Waals surface area contributed by atoms with E-state index in [4.69, 9.17) is 0 Å². The molecule has 3 heteroatoms. The molecular formula is C15H24O3. The number of hydrogen-bond acceptors (Lipinski definition) is 3. The molecule has 3 nitrogen and oxygen atoms in total. The first-order chi connectivity index (χ1) is 8.43. The quantitative estimate of drug-likeness (QED) is 0.652. The van der Waals surface area contributed by atoms with Gasteiger partial charge in [0.25, 0.3) is 0 Å². The van der Waals surface area contributed by atoms with Crippen molar-refractivity contribution >= 4 is 17.3 Å². The third kappa shape index (κ3) is 20.0. The van der Waals surface area contributed by atoms with E-state index in [-0.39, 0.29) is 17.3 Å². The fourth-order valence-electron chi connectivity index (χ4n) is 0.956. The molecule has 0 amide bonds. The molecule has 0 heterocycles. The van der Waals surface area contributed by atoms with Crippen LogP contribution < -0.4 is 0 Å². The predicted octanol–water partition coefficient (Wildman–Crippen LogP) is 3.43. The highest BCUT2D eigenvalue weighted by Gasteiger charge is 1.92. The summed E-state index contributed by atoms with van der Waals surface area (Å²) in [4.78, 5) is 31.3. The molecule has 0 spiro atoms. The van der Waals surface area contributed by atoms with Crippen molar-refractivity contribution in [2.45, 2.75) is 53.4 Å². The van der Waals surface area contributed by atoms with Gasteiger partial charge in [-0.25, -0.2) is 0 Å². The predicted molar refractivity (Wildman–Crippen MR) is 74.5 cm³/mol. The number of carbonyl (C=O) groups is 3. The van der Waals surface area contributed by atoms with Gasteiger partial charge in [-0.1, -0.05) is 26.3 Å². The monoisotopic (exact) mass is 252 g/mol. The van der Waals surface area contributed by atoms with Crippen LogP contribution in [0, 0.1) is 0 Å². The first kappa shape index (κ1) is 18.8. The molecule has 0 aliphatic heterocycles.